The van der Waals surface area contributed by atoms with E-state index in [2.05, 4.69) is 23.7 Å². The molecule has 0 aliphatic rings. The number of ether oxygens (including phenoxy) is 1. The van der Waals surface area contributed by atoms with Gasteiger partial charge >= 0.3 is 6.61 Å². The van der Waals surface area contributed by atoms with Gasteiger partial charge in [-0.3, -0.25) is 4.68 Å². The van der Waals surface area contributed by atoms with Crippen LogP contribution in [-0.2, 0) is 6.54 Å². The van der Waals surface area contributed by atoms with Crippen LogP contribution in [0.25, 0.3) is 11.1 Å². The van der Waals surface area contributed by atoms with Gasteiger partial charge in [-0.1, -0.05) is 19.9 Å². The summed E-state index contributed by atoms with van der Waals surface area (Å²) in [5, 5.41) is 4.24. The van der Waals surface area contributed by atoms with Crippen molar-refractivity contribution >= 4 is 5.69 Å². The van der Waals surface area contributed by atoms with Gasteiger partial charge in [0.1, 0.15) is 5.75 Å². The minimum Gasteiger partial charge on any atom is -0.433 e. The molecule has 2 N–H and O–H groups in total. The lowest BCUT2D eigenvalue weighted by Crippen LogP contribution is -2.04. The fourth-order valence-electron chi connectivity index (χ4n) is 1.90. The molecule has 0 aliphatic heterocycles. The van der Waals surface area contributed by atoms with Gasteiger partial charge in [-0.05, 0) is 23.6 Å². The van der Waals surface area contributed by atoms with Gasteiger partial charge in [0.2, 0.25) is 0 Å². The third-order valence-electron chi connectivity index (χ3n) is 2.75. The van der Waals surface area contributed by atoms with Gasteiger partial charge in [-0.15, -0.1) is 0 Å². The Kier molecular flexibility index (Phi) is 4.22. The van der Waals surface area contributed by atoms with E-state index in [0.29, 0.717) is 5.92 Å². The molecule has 20 heavy (non-hydrogen) atoms. The smallest absolute Gasteiger partial charge is 0.387 e. The second kappa shape index (κ2) is 5.90. The summed E-state index contributed by atoms with van der Waals surface area (Å²) in [6.07, 6.45) is 3.57. The Morgan fingerprint density at radius 1 is 1.30 bits per heavy atom. The van der Waals surface area contributed by atoms with Crippen molar-refractivity contribution in [3.63, 3.8) is 0 Å². The van der Waals surface area contributed by atoms with Crippen LogP contribution in [0.15, 0.2) is 30.6 Å². The van der Waals surface area contributed by atoms with E-state index in [0.717, 1.165) is 17.7 Å². The Morgan fingerprint density at radius 2 is 2.05 bits per heavy atom. The summed E-state index contributed by atoms with van der Waals surface area (Å²) < 4.78 is 30.8. The number of benzene rings is 1. The van der Waals surface area contributed by atoms with Crippen molar-refractivity contribution in [3.05, 3.63) is 30.6 Å². The first kappa shape index (κ1) is 14.3. The second-order valence-corrected chi connectivity index (χ2v) is 4.98. The highest BCUT2D eigenvalue weighted by atomic mass is 19.3. The van der Waals surface area contributed by atoms with Crippen molar-refractivity contribution in [2.24, 2.45) is 5.92 Å². The van der Waals surface area contributed by atoms with Gasteiger partial charge in [-0.2, -0.15) is 13.9 Å². The molecule has 6 heteroatoms. The van der Waals surface area contributed by atoms with E-state index in [1.165, 1.54) is 6.07 Å². The molecule has 1 aromatic carbocycles. The normalized spacial score (nSPS) is 11.3. The summed E-state index contributed by atoms with van der Waals surface area (Å²) in [6, 6.07) is 4.80. The third kappa shape index (κ3) is 3.46. The Bertz CT molecular complexity index is 582. The Hall–Kier alpha value is -2.11. The molecule has 0 radical (unpaired) electrons. The van der Waals surface area contributed by atoms with E-state index < -0.39 is 6.61 Å². The summed E-state index contributed by atoms with van der Waals surface area (Å²) in [6.45, 7) is 2.10. The molecule has 108 valence electrons. The highest BCUT2D eigenvalue weighted by Gasteiger charge is 2.10. The maximum atomic E-state index is 12.3. The van der Waals surface area contributed by atoms with Crippen LogP contribution in [0.5, 0.6) is 5.75 Å². The Labute approximate surface area is 116 Å². The van der Waals surface area contributed by atoms with Crippen molar-refractivity contribution in [2.75, 3.05) is 5.73 Å². The number of nitrogens with two attached hydrogens (primary N) is 1. The molecular formula is C14H17F2N3O. The molecule has 0 spiro atoms. The predicted octanol–water partition coefficient (Wildman–Crippen LogP) is 3.39. The molecule has 0 saturated carbocycles. The van der Waals surface area contributed by atoms with E-state index in [4.69, 9.17) is 5.73 Å². The second-order valence-electron chi connectivity index (χ2n) is 4.98. The van der Waals surface area contributed by atoms with Crippen molar-refractivity contribution < 1.29 is 13.5 Å². The molecule has 0 bridgehead atoms. The maximum Gasteiger partial charge on any atom is 0.387 e. The fourth-order valence-corrected chi connectivity index (χ4v) is 1.90. The van der Waals surface area contributed by atoms with Crippen LogP contribution < -0.4 is 10.5 Å². The van der Waals surface area contributed by atoms with Crippen LogP contribution in [0.3, 0.4) is 0 Å². The van der Waals surface area contributed by atoms with Gasteiger partial charge < -0.3 is 10.5 Å². The zero-order valence-electron chi connectivity index (χ0n) is 11.4. The number of nitrogen functional groups attached to an aromatic ring is 1. The van der Waals surface area contributed by atoms with Crippen LogP contribution in [0.1, 0.15) is 13.8 Å². The highest BCUT2D eigenvalue weighted by Crippen LogP contribution is 2.29. The van der Waals surface area contributed by atoms with Gasteiger partial charge in [0, 0.05) is 18.3 Å². The van der Waals surface area contributed by atoms with Crippen LogP contribution in [0.4, 0.5) is 14.5 Å². The molecule has 1 heterocycles. The predicted molar refractivity (Wildman–Crippen MR) is 73.5 cm³/mol. The van der Waals surface area contributed by atoms with E-state index >= 15 is 0 Å². The minimum atomic E-state index is -2.89. The monoisotopic (exact) mass is 281 g/mol. The Morgan fingerprint density at radius 3 is 2.70 bits per heavy atom. The number of aromatic nitrogens is 2. The lowest BCUT2D eigenvalue weighted by molar-refractivity contribution is -0.0492. The highest BCUT2D eigenvalue weighted by molar-refractivity contribution is 5.68. The molecule has 0 amide bonds. The summed E-state index contributed by atoms with van der Waals surface area (Å²) in [5.41, 5.74) is 7.37. The van der Waals surface area contributed by atoms with Gasteiger partial charge in [0.25, 0.3) is 0 Å². The van der Waals surface area contributed by atoms with Crippen LogP contribution >= 0.6 is 0 Å². The molecule has 0 saturated heterocycles. The van der Waals surface area contributed by atoms with Gasteiger partial charge in [0.05, 0.1) is 11.9 Å². The Balaban J connectivity index is 2.26. The number of hydrogen-bond acceptors (Lipinski definition) is 3. The average Bonchev–Trinajstić information content (AvgIpc) is 2.79. The molecular weight excluding hydrogens is 264 g/mol. The van der Waals surface area contributed by atoms with Crippen LogP contribution in [0, 0.1) is 5.92 Å². The molecule has 0 atom stereocenters. The van der Waals surface area contributed by atoms with Crippen molar-refractivity contribution in [2.45, 2.75) is 27.0 Å². The summed E-state index contributed by atoms with van der Waals surface area (Å²) in [7, 11) is 0. The van der Waals surface area contributed by atoms with Gasteiger partial charge in [0.15, 0.2) is 0 Å². The van der Waals surface area contributed by atoms with E-state index in [1.807, 2.05) is 10.9 Å². The zero-order chi connectivity index (χ0) is 14.7. The summed E-state index contributed by atoms with van der Waals surface area (Å²) in [5.74, 6) is 0.459. The van der Waals surface area contributed by atoms with Crippen molar-refractivity contribution in [1.29, 1.82) is 0 Å². The quantitative estimate of drug-likeness (QED) is 0.855. The number of rotatable bonds is 5. The van der Waals surface area contributed by atoms with Crippen LogP contribution in [-0.4, -0.2) is 16.4 Å². The first-order valence-electron chi connectivity index (χ1n) is 6.33. The zero-order valence-corrected chi connectivity index (χ0v) is 11.4. The fraction of sp³-hybridized carbons (Fsp3) is 0.357. The van der Waals surface area contributed by atoms with E-state index in [-0.39, 0.29) is 11.4 Å². The van der Waals surface area contributed by atoms with Crippen molar-refractivity contribution in [3.8, 4) is 16.9 Å². The molecule has 0 fully saturated rings. The van der Waals surface area contributed by atoms with Crippen LogP contribution in [0.2, 0.25) is 0 Å². The molecule has 0 unspecified atom stereocenters. The number of halogens is 2. The average molecular weight is 281 g/mol. The maximum absolute atomic E-state index is 12.3. The number of anilines is 1. The molecule has 0 aliphatic carbocycles. The lowest BCUT2D eigenvalue weighted by Gasteiger charge is -2.09. The van der Waals surface area contributed by atoms with Crippen molar-refractivity contribution in [1.82, 2.24) is 9.78 Å². The van der Waals surface area contributed by atoms with Gasteiger partial charge in [-0.25, -0.2) is 0 Å². The summed E-state index contributed by atoms with van der Waals surface area (Å²) in [4.78, 5) is 0. The van der Waals surface area contributed by atoms with E-state index in [1.54, 1.807) is 18.3 Å². The number of alkyl halides is 2. The molecule has 2 rings (SSSR count). The number of hydrogen-bond donors (Lipinski definition) is 1. The molecule has 1 aromatic heterocycles. The SMILES string of the molecule is CC(C)Cn1cc(-c2ccc(N)c(OC(F)F)c2)cn1. The standard InChI is InChI=1S/C14H17F2N3O/c1-9(2)7-19-8-11(6-18-19)10-3-4-12(17)13(5-10)20-14(15)16/h3-6,8-9,14H,7,17H2,1-2H3. The largest absolute Gasteiger partial charge is 0.433 e. The first-order chi connectivity index (χ1) is 9.45. The van der Waals surface area contributed by atoms with E-state index in [9.17, 15) is 8.78 Å². The minimum absolute atomic E-state index is 0.0193. The molecule has 2 aromatic rings. The summed E-state index contributed by atoms with van der Waals surface area (Å²) >= 11 is 0. The third-order valence-corrected chi connectivity index (χ3v) is 2.75. The molecule has 4 nitrogen and oxygen atoms in total. The first-order valence-corrected chi connectivity index (χ1v) is 6.33. The lowest BCUT2D eigenvalue weighted by atomic mass is 10.1. The number of nitrogens with zero attached hydrogens (tertiary/aromatic N) is 2. The topological polar surface area (TPSA) is 53.1 Å².